The number of hydrogen-bond donors (Lipinski definition) is 0. The number of carbonyl (C=O) groups excluding carboxylic acids is 1. The van der Waals surface area contributed by atoms with Crippen molar-refractivity contribution in [3.05, 3.63) is 59.2 Å². The molecule has 0 aliphatic carbocycles. The van der Waals surface area contributed by atoms with Crippen LogP contribution in [0.5, 0.6) is 5.75 Å². The maximum absolute atomic E-state index is 12.5. The standard InChI is InChI=1S/C26H34N2O2/c1-6-19(2)25(21-8-7-9-24(16-21)30-5)17-22-10-11-23(18-26(22)20(3)29)28-14-12-27(4)13-15-28/h7-11,16-19H,6,12-15H2,1-5H3/b25-17+. The molecule has 1 heterocycles. The van der Waals surface area contributed by atoms with E-state index in [0.29, 0.717) is 5.92 Å². The fourth-order valence-electron chi connectivity index (χ4n) is 3.94. The van der Waals surface area contributed by atoms with Gasteiger partial charge in [0.1, 0.15) is 5.75 Å². The predicted molar refractivity (Wildman–Crippen MR) is 126 cm³/mol. The first-order valence-corrected chi connectivity index (χ1v) is 10.9. The molecule has 0 N–H and O–H groups in total. The summed E-state index contributed by atoms with van der Waals surface area (Å²) in [5.74, 6) is 1.32. The number of piperazine rings is 1. The van der Waals surface area contributed by atoms with E-state index in [4.69, 9.17) is 4.74 Å². The van der Waals surface area contributed by atoms with Gasteiger partial charge in [0.15, 0.2) is 5.78 Å². The van der Waals surface area contributed by atoms with E-state index in [1.165, 1.54) is 5.57 Å². The van der Waals surface area contributed by atoms with Crippen LogP contribution >= 0.6 is 0 Å². The minimum Gasteiger partial charge on any atom is -0.497 e. The van der Waals surface area contributed by atoms with Gasteiger partial charge in [0.25, 0.3) is 0 Å². The number of hydrogen-bond acceptors (Lipinski definition) is 4. The topological polar surface area (TPSA) is 32.8 Å². The van der Waals surface area contributed by atoms with Gasteiger partial charge < -0.3 is 14.5 Å². The van der Waals surface area contributed by atoms with Crippen LogP contribution in [0, 0.1) is 5.92 Å². The van der Waals surface area contributed by atoms with Gasteiger partial charge in [0.2, 0.25) is 0 Å². The Hall–Kier alpha value is -2.59. The summed E-state index contributed by atoms with van der Waals surface area (Å²) in [5.41, 5.74) is 5.28. The van der Waals surface area contributed by atoms with Crippen LogP contribution < -0.4 is 9.64 Å². The van der Waals surface area contributed by atoms with Gasteiger partial charge in [-0.3, -0.25) is 4.79 Å². The number of carbonyl (C=O) groups is 1. The zero-order valence-corrected chi connectivity index (χ0v) is 18.9. The highest BCUT2D eigenvalue weighted by Gasteiger charge is 2.18. The molecule has 0 bridgehead atoms. The quantitative estimate of drug-likeness (QED) is 0.465. The van der Waals surface area contributed by atoms with Crippen LogP contribution in [-0.2, 0) is 0 Å². The molecule has 0 saturated carbocycles. The second-order valence-electron chi connectivity index (χ2n) is 8.26. The smallest absolute Gasteiger partial charge is 0.160 e. The molecular formula is C26H34N2O2. The molecule has 1 aliphatic heterocycles. The normalized spacial score (nSPS) is 16.4. The van der Waals surface area contributed by atoms with Crippen molar-refractivity contribution in [1.82, 2.24) is 4.90 Å². The molecular weight excluding hydrogens is 372 g/mol. The Morgan fingerprint density at radius 2 is 1.87 bits per heavy atom. The molecule has 1 fully saturated rings. The van der Waals surface area contributed by atoms with E-state index in [0.717, 1.165) is 60.7 Å². The maximum Gasteiger partial charge on any atom is 0.160 e. The van der Waals surface area contributed by atoms with E-state index in [1.54, 1.807) is 14.0 Å². The van der Waals surface area contributed by atoms with E-state index in [-0.39, 0.29) is 5.78 Å². The van der Waals surface area contributed by atoms with Crippen molar-refractivity contribution in [1.29, 1.82) is 0 Å². The lowest BCUT2D eigenvalue weighted by molar-refractivity contribution is 0.101. The van der Waals surface area contributed by atoms with E-state index in [9.17, 15) is 4.79 Å². The van der Waals surface area contributed by atoms with Crippen LogP contribution in [0.4, 0.5) is 5.69 Å². The summed E-state index contributed by atoms with van der Waals surface area (Å²) in [7, 11) is 3.85. The zero-order valence-electron chi connectivity index (χ0n) is 18.9. The summed E-state index contributed by atoms with van der Waals surface area (Å²) in [6.45, 7) is 10.2. The van der Waals surface area contributed by atoms with Crippen LogP contribution in [0.3, 0.4) is 0 Å². The number of allylic oxidation sites excluding steroid dienone is 1. The Morgan fingerprint density at radius 1 is 1.13 bits per heavy atom. The predicted octanol–water partition coefficient (Wildman–Crippen LogP) is 5.24. The van der Waals surface area contributed by atoms with Gasteiger partial charge in [-0.25, -0.2) is 0 Å². The summed E-state index contributed by atoms with van der Waals surface area (Å²) in [6, 6.07) is 14.5. The monoisotopic (exact) mass is 406 g/mol. The number of likely N-dealkylation sites (N-methyl/N-ethyl adjacent to an activating group) is 1. The Morgan fingerprint density at radius 3 is 2.50 bits per heavy atom. The van der Waals surface area contributed by atoms with Crippen LogP contribution in [0.2, 0.25) is 0 Å². The van der Waals surface area contributed by atoms with Gasteiger partial charge in [0.05, 0.1) is 7.11 Å². The van der Waals surface area contributed by atoms with Crippen LogP contribution in [0.25, 0.3) is 11.6 Å². The molecule has 30 heavy (non-hydrogen) atoms. The van der Waals surface area contributed by atoms with Crippen molar-refractivity contribution in [3.63, 3.8) is 0 Å². The van der Waals surface area contributed by atoms with Crippen LogP contribution in [0.1, 0.15) is 48.7 Å². The van der Waals surface area contributed by atoms with Crippen molar-refractivity contribution in [2.75, 3.05) is 45.2 Å². The zero-order chi connectivity index (χ0) is 21.7. The number of nitrogens with zero attached hydrogens (tertiary/aromatic N) is 2. The lowest BCUT2D eigenvalue weighted by Crippen LogP contribution is -2.44. The molecule has 0 aromatic heterocycles. The summed E-state index contributed by atoms with van der Waals surface area (Å²) in [4.78, 5) is 17.2. The minimum absolute atomic E-state index is 0.103. The summed E-state index contributed by atoms with van der Waals surface area (Å²) >= 11 is 0. The first-order chi connectivity index (χ1) is 14.4. The van der Waals surface area contributed by atoms with E-state index >= 15 is 0 Å². The fraction of sp³-hybridized carbons (Fsp3) is 0.423. The lowest BCUT2D eigenvalue weighted by Gasteiger charge is -2.34. The van der Waals surface area contributed by atoms with Gasteiger partial charge in [-0.05, 0) is 67.3 Å². The molecule has 2 aromatic rings. The molecule has 4 heteroatoms. The van der Waals surface area contributed by atoms with E-state index in [2.05, 4.69) is 67.1 Å². The average Bonchev–Trinajstić information content (AvgIpc) is 2.77. The summed E-state index contributed by atoms with van der Waals surface area (Å²) in [5, 5.41) is 0. The molecule has 1 atom stereocenters. The van der Waals surface area contributed by atoms with E-state index < -0.39 is 0 Å². The first-order valence-electron chi connectivity index (χ1n) is 10.9. The number of ketones is 1. The maximum atomic E-state index is 12.5. The molecule has 160 valence electrons. The van der Waals surface area contributed by atoms with Crippen molar-refractivity contribution in [3.8, 4) is 5.75 Å². The molecule has 2 aromatic carbocycles. The molecule has 0 amide bonds. The summed E-state index contributed by atoms with van der Waals surface area (Å²) < 4.78 is 5.43. The second kappa shape index (κ2) is 9.94. The number of rotatable bonds is 7. The summed E-state index contributed by atoms with van der Waals surface area (Å²) in [6.07, 6.45) is 3.21. The Bertz CT molecular complexity index is 911. The number of benzene rings is 2. The van der Waals surface area contributed by atoms with Crippen molar-refractivity contribution < 1.29 is 9.53 Å². The largest absolute Gasteiger partial charge is 0.497 e. The Labute approximate surface area is 181 Å². The van der Waals surface area contributed by atoms with Gasteiger partial charge >= 0.3 is 0 Å². The number of anilines is 1. The van der Waals surface area contributed by atoms with Gasteiger partial charge in [-0.1, -0.05) is 38.1 Å². The van der Waals surface area contributed by atoms with Crippen LogP contribution in [0.15, 0.2) is 42.5 Å². The third kappa shape index (κ3) is 5.11. The molecule has 1 aliphatic rings. The van der Waals surface area contributed by atoms with Crippen molar-refractivity contribution in [2.24, 2.45) is 5.92 Å². The molecule has 0 spiro atoms. The van der Waals surface area contributed by atoms with Gasteiger partial charge in [-0.2, -0.15) is 0 Å². The molecule has 1 unspecified atom stereocenters. The molecule has 4 nitrogen and oxygen atoms in total. The number of ether oxygens (including phenoxy) is 1. The second-order valence-corrected chi connectivity index (χ2v) is 8.26. The Balaban J connectivity index is 2.02. The van der Waals surface area contributed by atoms with Crippen LogP contribution in [-0.4, -0.2) is 51.0 Å². The van der Waals surface area contributed by atoms with Crippen molar-refractivity contribution >= 4 is 23.1 Å². The highest BCUT2D eigenvalue weighted by atomic mass is 16.5. The SMILES string of the molecule is CCC(C)/C(=C\c1ccc(N2CCN(C)CC2)cc1C(C)=O)c1cccc(OC)c1. The third-order valence-electron chi connectivity index (χ3n) is 6.14. The number of Topliss-reactive ketones (excluding diaryl/α,β-unsaturated/α-hetero) is 1. The minimum atomic E-state index is 0.103. The van der Waals surface area contributed by atoms with Gasteiger partial charge in [0, 0.05) is 37.4 Å². The number of methoxy groups -OCH3 is 1. The first kappa shape index (κ1) is 22.1. The lowest BCUT2D eigenvalue weighted by atomic mass is 9.89. The highest BCUT2D eigenvalue weighted by molar-refractivity contribution is 6.00. The van der Waals surface area contributed by atoms with Crippen molar-refractivity contribution in [2.45, 2.75) is 27.2 Å². The van der Waals surface area contributed by atoms with E-state index in [1.807, 2.05) is 12.1 Å². The molecule has 0 radical (unpaired) electrons. The molecule has 3 rings (SSSR count). The van der Waals surface area contributed by atoms with Gasteiger partial charge in [-0.15, -0.1) is 0 Å². The molecule has 1 saturated heterocycles. The fourth-order valence-corrected chi connectivity index (χ4v) is 3.94. The average molecular weight is 407 g/mol. The highest BCUT2D eigenvalue weighted by Crippen LogP contribution is 2.32. The third-order valence-corrected chi connectivity index (χ3v) is 6.14. The Kier molecular flexibility index (Phi) is 7.33.